The number of rotatable bonds is 21. The largest absolute Gasteiger partial charge is 0.491 e. The second-order valence-corrected chi connectivity index (χ2v) is 11.6. The molecule has 0 aliphatic heterocycles. The van der Waals surface area contributed by atoms with E-state index >= 15 is 0 Å². The standard InChI is InChI=1S/C38H52F2O2/c1-4-6-8-10-11-12-13-14-15-17-29-41-36-28-27-35(37(39)38(36)40)33-21-19-31(20-22-33)32-23-25-34(26-24-32)42-30(3)18-16-9-7-5-2/h19-28,30H,4-18,29H2,1-3H3/t30-/m1/s1. The van der Waals surface area contributed by atoms with Gasteiger partial charge in [-0.2, -0.15) is 4.39 Å². The van der Waals surface area contributed by atoms with Gasteiger partial charge in [-0.15, -0.1) is 0 Å². The van der Waals surface area contributed by atoms with Gasteiger partial charge in [-0.25, -0.2) is 4.39 Å². The zero-order valence-corrected chi connectivity index (χ0v) is 26.2. The molecule has 0 N–H and O–H groups in total. The molecule has 2 nitrogen and oxygen atoms in total. The summed E-state index contributed by atoms with van der Waals surface area (Å²) in [7, 11) is 0. The van der Waals surface area contributed by atoms with Gasteiger partial charge in [0.25, 0.3) is 0 Å². The first-order valence-electron chi connectivity index (χ1n) is 16.5. The monoisotopic (exact) mass is 578 g/mol. The molecule has 0 spiro atoms. The van der Waals surface area contributed by atoms with Crippen LogP contribution < -0.4 is 9.47 Å². The minimum Gasteiger partial charge on any atom is -0.491 e. The Bertz CT molecular complexity index is 1140. The van der Waals surface area contributed by atoms with Gasteiger partial charge in [-0.1, -0.05) is 127 Å². The van der Waals surface area contributed by atoms with Crippen LogP contribution in [0.1, 0.15) is 117 Å². The molecule has 4 heteroatoms. The summed E-state index contributed by atoms with van der Waals surface area (Å²) in [6.45, 7) is 6.99. The SMILES string of the molecule is CCCCCCCCCCCCOc1ccc(-c2ccc(-c3ccc(O[C@H](C)CCCCCC)cc3)cc2)c(F)c1F. The summed E-state index contributed by atoms with van der Waals surface area (Å²) in [5.74, 6) is -0.930. The van der Waals surface area contributed by atoms with Gasteiger partial charge in [-0.3, -0.25) is 0 Å². The summed E-state index contributed by atoms with van der Waals surface area (Å²) in [6.07, 6.45) is 18.4. The third-order valence-corrected chi connectivity index (χ3v) is 7.99. The van der Waals surface area contributed by atoms with Crippen LogP contribution >= 0.6 is 0 Å². The van der Waals surface area contributed by atoms with Gasteiger partial charge in [0.2, 0.25) is 5.82 Å². The van der Waals surface area contributed by atoms with Crippen molar-refractivity contribution in [1.29, 1.82) is 0 Å². The molecule has 1 atom stereocenters. The molecule has 0 heterocycles. The summed E-state index contributed by atoms with van der Waals surface area (Å²) in [4.78, 5) is 0. The zero-order valence-electron chi connectivity index (χ0n) is 26.2. The highest BCUT2D eigenvalue weighted by Gasteiger charge is 2.16. The van der Waals surface area contributed by atoms with Crippen molar-refractivity contribution in [2.45, 2.75) is 123 Å². The molecule has 0 fully saturated rings. The molecule has 0 aromatic heterocycles. The smallest absolute Gasteiger partial charge is 0.201 e. The molecule has 0 radical (unpaired) electrons. The molecule has 0 amide bonds. The highest BCUT2D eigenvalue weighted by molar-refractivity contribution is 5.71. The zero-order chi connectivity index (χ0) is 30.0. The van der Waals surface area contributed by atoms with E-state index in [-0.39, 0.29) is 17.4 Å². The fraction of sp³-hybridized carbons (Fsp3) is 0.526. The van der Waals surface area contributed by atoms with E-state index in [0.29, 0.717) is 12.2 Å². The van der Waals surface area contributed by atoms with E-state index in [1.165, 1.54) is 77.0 Å². The Hall–Kier alpha value is -2.88. The van der Waals surface area contributed by atoms with E-state index < -0.39 is 11.6 Å². The van der Waals surface area contributed by atoms with Crippen molar-refractivity contribution < 1.29 is 18.3 Å². The lowest BCUT2D eigenvalue weighted by molar-refractivity contribution is 0.206. The number of hydrogen-bond acceptors (Lipinski definition) is 2. The average Bonchev–Trinajstić information content (AvgIpc) is 3.01. The van der Waals surface area contributed by atoms with Crippen molar-refractivity contribution in [3.05, 3.63) is 72.3 Å². The van der Waals surface area contributed by atoms with Crippen LogP contribution in [0.25, 0.3) is 22.3 Å². The topological polar surface area (TPSA) is 18.5 Å². The predicted molar refractivity (Wildman–Crippen MR) is 173 cm³/mol. The highest BCUT2D eigenvalue weighted by atomic mass is 19.2. The Morgan fingerprint density at radius 1 is 0.548 bits per heavy atom. The minimum absolute atomic E-state index is 0.0126. The number of ether oxygens (including phenoxy) is 2. The van der Waals surface area contributed by atoms with Crippen molar-refractivity contribution in [1.82, 2.24) is 0 Å². The minimum atomic E-state index is -0.918. The molecule has 0 saturated carbocycles. The lowest BCUT2D eigenvalue weighted by atomic mass is 9.99. The summed E-state index contributed by atoms with van der Waals surface area (Å²) >= 11 is 0. The van der Waals surface area contributed by atoms with Crippen LogP contribution in [-0.4, -0.2) is 12.7 Å². The number of unbranched alkanes of at least 4 members (excludes halogenated alkanes) is 12. The van der Waals surface area contributed by atoms with Crippen molar-refractivity contribution in [2.75, 3.05) is 6.61 Å². The molecule has 230 valence electrons. The number of hydrogen-bond donors (Lipinski definition) is 0. The second kappa shape index (κ2) is 19.3. The first kappa shape index (κ1) is 33.6. The molecule has 3 aromatic carbocycles. The Kier molecular flexibility index (Phi) is 15.5. The molecule has 0 aliphatic carbocycles. The van der Waals surface area contributed by atoms with Gasteiger partial charge < -0.3 is 9.47 Å². The average molecular weight is 579 g/mol. The molecule has 0 saturated heterocycles. The molecular formula is C38H52F2O2. The van der Waals surface area contributed by atoms with Gasteiger partial charge in [0, 0.05) is 5.56 Å². The Morgan fingerprint density at radius 2 is 1.05 bits per heavy atom. The van der Waals surface area contributed by atoms with Crippen LogP contribution in [0.15, 0.2) is 60.7 Å². The van der Waals surface area contributed by atoms with Gasteiger partial charge >= 0.3 is 0 Å². The summed E-state index contributed by atoms with van der Waals surface area (Å²) in [6, 6.07) is 18.8. The fourth-order valence-corrected chi connectivity index (χ4v) is 5.36. The molecule has 0 bridgehead atoms. The lowest BCUT2D eigenvalue weighted by Crippen LogP contribution is -2.11. The number of benzene rings is 3. The Morgan fingerprint density at radius 3 is 1.64 bits per heavy atom. The van der Waals surface area contributed by atoms with E-state index in [1.807, 2.05) is 48.5 Å². The van der Waals surface area contributed by atoms with E-state index in [1.54, 1.807) is 12.1 Å². The van der Waals surface area contributed by atoms with E-state index in [9.17, 15) is 8.78 Å². The van der Waals surface area contributed by atoms with Crippen molar-refractivity contribution in [2.24, 2.45) is 0 Å². The van der Waals surface area contributed by atoms with Gasteiger partial charge in [-0.05, 0) is 67.1 Å². The maximum absolute atomic E-state index is 15.0. The highest BCUT2D eigenvalue weighted by Crippen LogP contribution is 2.32. The first-order valence-corrected chi connectivity index (χ1v) is 16.5. The maximum Gasteiger partial charge on any atom is 0.201 e. The van der Waals surface area contributed by atoms with E-state index in [2.05, 4.69) is 20.8 Å². The molecule has 42 heavy (non-hydrogen) atoms. The predicted octanol–water partition coefficient (Wildman–Crippen LogP) is 12.3. The summed E-state index contributed by atoms with van der Waals surface area (Å²) in [5.41, 5.74) is 2.93. The van der Waals surface area contributed by atoms with Gasteiger partial charge in [0.05, 0.1) is 12.7 Å². The van der Waals surface area contributed by atoms with E-state index in [0.717, 1.165) is 36.1 Å². The fourth-order valence-electron chi connectivity index (χ4n) is 5.36. The third-order valence-electron chi connectivity index (χ3n) is 7.99. The van der Waals surface area contributed by atoms with Crippen LogP contribution in [0.2, 0.25) is 0 Å². The lowest BCUT2D eigenvalue weighted by Gasteiger charge is -2.15. The number of halogens is 2. The molecular weight excluding hydrogens is 526 g/mol. The Balaban J connectivity index is 1.45. The normalized spacial score (nSPS) is 11.9. The van der Waals surface area contributed by atoms with Crippen molar-refractivity contribution >= 4 is 0 Å². The summed E-state index contributed by atoms with van der Waals surface area (Å²) < 4.78 is 41.5. The maximum atomic E-state index is 15.0. The molecule has 3 aromatic rings. The third kappa shape index (κ3) is 11.4. The second-order valence-electron chi connectivity index (χ2n) is 11.6. The van der Waals surface area contributed by atoms with Crippen LogP contribution in [0.4, 0.5) is 8.78 Å². The van der Waals surface area contributed by atoms with E-state index in [4.69, 9.17) is 9.47 Å². The summed E-state index contributed by atoms with van der Waals surface area (Å²) in [5, 5.41) is 0. The van der Waals surface area contributed by atoms with Gasteiger partial charge in [0.15, 0.2) is 11.6 Å². The van der Waals surface area contributed by atoms with Crippen molar-refractivity contribution in [3.8, 4) is 33.8 Å². The quantitative estimate of drug-likeness (QED) is 0.117. The van der Waals surface area contributed by atoms with Crippen molar-refractivity contribution in [3.63, 3.8) is 0 Å². The van der Waals surface area contributed by atoms with Crippen LogP contribution in [0.3, 0.4) is 0 Å². The first-order chi connectivity index (χ1) is 20.5. The molecule has 0 unspecified atom stereocenters. The molecule has 3 rings (SSSR count). The van der Waals surface area contributed by atoms with Gasteiger partial charge in [0.1, 0.15) is 5.75 Å². The van der Waals surface area contributed by atoms with Crippen LogP contribution in [-0.2, 0) is 0 Å². The Labute approximate surface area is 253 Å². The van der Waals surface area contributed by atoms with Crippen LogP contribution in [0.5, 0.6) is 11.5 Å². The molecule has 0 aliphatic rings. The van der Waals surface area contributed by atoms with Crippen LogP contribution in [0, 0.1) is 11.6 Å².